The van der Waals surface area contributed by atoms with Crippen LogP contribution in [0.15, 0.2) is 4.99 Å². The Morgan fingerprint density at radius 2 is 1.84 bits per heavy atom. The molecule has 0 aromatic rings. The smallest absolute Gasteiger partial charge is 0.191 e. The topological polar surface area (TPSA) is 45.7 Å². The first-order chi connectivity index (χ1) is 8.99. The highest BCUT2D eigenvalue weighted by molar-refractivity contribution is 5.79. The lowest BCUT2D eigenvalue weighted by Crippen LogP contribution is -2.38. The number of nitrogens with zero attached hydrogens (tertiary/aromatic N) is 1. The van der Waals surface area contributed by atoms with Crippen LogP contribution in [0.5, 0.6) is 0 Å². The molecule has 19 heavy (non-hydrogen) atoms. The van der Waals surface area contributed by atoms with Gasteiger partial charge in [-0.15, -0.1) is 0 Å². The van der Waals surface area contributed by atoms with Gasteiger partial charge < -0.3 is 15.4 Å². The number of hydrogen-bond acceptors (Lipinski definition) is 2. The maximum Gasteiger partial charge on any atom is 0.191 e. The zero-order valence-corrected chi connectivity index (χ0v) is 13.5. The predicted octanol–water partition coefficient (Wildman–Crippen LogP) is 2.79. The number of aliphatic imine (C=N–C) groups is 1. The van der Waals surface area contributed by atoms with E-state index in [1.807, 2.05) is 0 Å². The first kappa shape index (κ1) is 18.2. The summed E-state index contributed by atoms with van der Waals surface area (Å²) < 4.78 is 5.02. The molecule has 0 heterocycles. The Bertz CT molecular complexity index is 234. The van der Waals surface area contributed by atoms with Crippen molar-refractivity contribution < 1.29 is 4.74 Å². The minimum Gasteiger partial charge on any atom is -0.385 e. The molecule has 0 aliphatic heterocycles. The van der Waals surface area contributed by atoms with E-state index in [9.17, 15) is 0 Å². The monoisotopic (exact) mass is 271 g/mol. The third-order valence-corrected chi connectivity index (χ3v) is 2.77. The van der Waals surface area contributed by atoms with Crippen molar-refractivity contribution in [2.75, 3.05) is 33.4 Å². The Labute approximate surface area is 119 Å². The van der Waals surface area contributed by atoms with Crippen molar-refractivity contribution in [1.82, 2.24) is 10.6 Å². The van der Waals surface area contributed by atoms with Crippen LogP contribution in [0, 0.1) is 5.41 Å². The average molecular weight is 271 g/mol. The molecule has 0 saturated carbocycles. The summed E-state index contributed by atoms with van der Waals surface area (Å²) in [6, 6.07) is 0. The van der Waals surface area contributed by atoms with Gasteiger partial charge >= 0.3 is 0 Å². The first-order valence-electron chi connectivity index (χ1n) is 7.50. The van der Waals surface area contributed by atoms with E-state index in [4.69, 9.17) is 4.74 Å². The molecule has 114 valence electrons. The zero-order valence-electron chi connectivity index (χ0n) is 13.5. The van der Waals surface area contributed by atoms with Crippen LogP contribution in [0.25, 0.3) is 0 Å². The predicted molar refractivity (Wildman–Crippen MR) is 83.8 cm³/mol. The fraction of sp³-hybridized carbons (Fsp3) is 0.933. The number of rotatable bonds is 9. The molecular weight excluding hydrogens is 238 g/mol. The van der Waals surface area contributed by atoms with Crippen LogP contribution >= 0.6 is 0 Å². The summed E-state index contributed by atoms with van der Waals surface area (Å²) in [4.78, 5) is 4.51. The van der Waals surface area contributed by atoms with Crippen molar-refractivity contribution in [1.29, 1.82) is 0 Å². The second kappa shape index (κ2) is 11.1. The third kappa shape index (κ3) is 13.5. The molecule has 0 amide bonds. The van der Waals surface area contributed by atoms with Gasteiger partial charge in [-0.3, -0.25) is 4.99 Å². The second-order valence-electron chi connectivity index (χ2n) is 6.05. The number of guanidine groups is 1. The van der Waals surface area contributed by atoms with Gasteiger partial charge in [0.1, 0.15) is 0 Å². The SMILES string of the molecule is CCNC(=NCCCOC)NCCCCC(C)(C)C. The quantitative estimate of drug-likeness (QED) is 0.385. The minimum atomic E-state index is 0.443. The van der Waals surface area contributed by atoms with Crippen LogP contribution in [0.2, 0.25) is 0 Å². The van der Waals surface area contributed by atoms with Crippen molar-refractivity contribution in [2.24, 2.45) is 10.4 Å². The van der Waals surface area contributed by atoms with Gasteiger partial charge in [0.25, 0.3) is 0 Å². The van der Waals surface area contributed by atoms with E-state index < -0.39 is 0 Å². The molecule has 0 rings (SSSR count). The van der Waals surface area contributed by atoms with Gasteiger partial charge in [-0.1, -0.05) is 27.2 Å². The highest BCUT2D eigenvalue weighted by atomic mass is 16.5. The molecule has 4 nitrogen and oxygen atoms in total. The van der Waals surface area contributed by atoms with Crippen molar-refractivity contribution in [2.45, 2.75) is 53.4 Å². The van der Waals surface area contributed by atoms with Crippen LogP contribution in [0.3, 0.4) is 0 Å². The summed E-state index contributed by atoms with van der Waals surface area (Å²) in [6.45, 7) is 12.4. The lowest BCUT2D eigenvalue weighted by atomic mass is 9.90. The van der Waals surface area contributed by atoms with Crippen molar-refractivity contribution in [3.8, 4) is 0 Å². The fourth-order valence-electron chi connectivity index (χ4n) is 1.73. The van der Waals surface area contributed by atoms with E-state index >= 15 is 0 Å². The highest BCUT2D eigenvalue weighted by Crippen LogP contribution is 2.21. The van der Waals surface area contributed by atoms with Gasteiger partial charge in [-0.05, 0) is 31.6 Å². The van der Waals surface area contributed by atoms with Crippen LogP contribution in [0.4, 0.5) is 0 Å². The minimum absolute atomic E-state index is 0.443. The average Bonchev–Trinajstić information content (AvgIpc) is 2.32. The molecule has 0 unspecified atom stereocenters. The van der Waals surface area contributed by atoms with Crippen LogP contribution in [0.1, 0.15) is 53.4 Å². The molecule has 2 N–H and O–H groups in total. The molecule has 4 heteroatoms. The number of methoxy groups -OCH3 is 1. The molecule has 0 aliphatic rings. The van der Waals surface area contributed by atoms with Gasteiger partial charge in [0.15, 0.2) is 5.96 Å². The summed E-state index contributed by atoms with van der Waals surface area (Å²) in [6.07, 6.45) is 4.70. The summed E-state index contributed by atoms with van der Waals surface area (Å²) in [7, 11) is 1.72. The molecule has 0 fully saturated rings. The van der Waals surface area contributed by atoms with Gasteiger partial charge in [-0.2, -0.15) is 0 Å². The summed E-state index contributed by atoms with van der Waals surface area (Å²) >= 11 is 0. The van der Waals surface area contributed by atoms with Crippen molar-refractivity contribution in [3.63, 3.8) is 0 Å². The van der Waals surface area contributed by atoms with E-state index in [-0.39, 0.29) is 0 Å². The molecule has 0 atom stereocenters. The van der Waals surface area contributed by atoms with E-state index in [2.05, 4.69) is 43.3 Å². The number of nitrogens with one attached hydrogen (secondary N) is 2. The largest absolute Gasteiger partial charge is 0.385 e. The fourth-order valence-corrected chi connectivity index (χ4v) is 1.73. The molecule has 0 aromatic heterocycles. The van der Waals surface area contributed by atoms with E-state index in [1.54, 1.807) is 7.11 Å². The molecular formula is C15H33N3O. The van der Waals surface area contributed by atoms with Crippen LogP contribution in [-0.2, 0) is 4.74 Å². The maximum atomic E-state index is 5.02. The Morgan fingerprint density at radius 1 is 1.11 bits per heavy atom. The van der Waals surface area contributed by atoms with E-state index in [1.165, 1.54) is 19.3 Å². The number of hydrogen-bond donors (Lipinski definition) is 2. The van der Waals surface area contributed by atoms with Gasteiger partial charge in [-0.25, -0.2) is 0 Å². The summed E-state index contributed by atoms with van der Waals surface area (Å²) in [5, 5.41) is 6.65. The molecule has 0 aromatic carbocycles. The Hall–Kier alpha value is -0.770. The van der Waals surface area contributed by atoms with Crippen LogP contribution in [-0.4, -0.2) is 39.3 Å². The van der Waals surface area contributed by atoms with Gasteiger partial charge in [0.2, 0.25) is 0 Å². The van der Waals surface area contributed by atoms with E-state index in [0.29, 0.717) is 5.41 Å². The maximum absolute atomic E-state index is 5.02. The van der Waals surface area contributed by atoms with Crippen LogP contribution < -0.4 is 10.6 Å². The standard InChI is InChI=1S/C15H33N3O/c1-6-16-14(18-12-9-13-19-5)17-11-8-7-10-15(2,3)4/h6-13H2,1-5H3,(H2,16,17,18). The van der Waals surface area contributed by atoms with Crippen molar-refractivity contribution >= 4 is 5.96 Å². The summed E-state index contributed by atoms with van der Waals surface area (Å²) in [5.41, 5.74) is 0.443. The third-order valence-electron chi connectivity index (χ3n) is 2.77. The Balaban J connectivity index is 3.75. The Morgan fingerprint density at radius 3 is 2.42 bits per heavy atom. The highest BCUT2D eigenvalue weighted by Gasteiger charge is 2.08. The summed E-state index contributed by atoms with van der Waals surface area (Å²) in [5.74, 6) is 0.925. The Kier molecular flexibility index (Phi) is 10.6. The normalized spacial score (nSPS) is 12.6. The van der Waals surface area contributed by atoms with Gasteiger partial charge in [0, 0.05) is 33.4 Å². The molecule has 0 radical (unpaired) electrons. The number of unbranched alkanes of at least 4 members (excludes halogenated alkanes) is 1. The molecule has 0 aliphatic carbocycles. The molecule has 0 spiro atoms. The lowest BCUT2D eigenvalue weighted by Gasteiger charge is -2.18. The molecule has 0 saturated heterocycles. The van der Waals surface area contributed by atoms with Gasteiger partial charge in [0.05, 0.1) is 0 Å². The lowest BCUT2D eigenvalue weighted by molar-refractivity contribution is 0.197. The second-order valence-corrected chi connectivity index (χ2v) is 6.05. The number of ether oxygens (including phenoxy) is 1. The van der Waals surface area contributed by atoms with Crippen molar-refractivity contribution in [3.05, 3.63) is 0 Å². The van der Waals surface area contributed by atoms with E-state index in [0.717, 1.165) is 38.6 Å². The molecule has 0 bridgehead atoms. The zero-order chi connectivity index (χ0) is 14.6. The first-order valence-corrected chi connectivity index (χ1v) is 7.50.